The van der Waals surface area contributed by atoms with E-state index in [0.717, 1.165) is 16.7 Å². The number of halogens is 1. The number of nitrogens with one attached hydrogen (secondary N) is 2. The van der Waals surface area contributed by atoms with Crippen LogP contribution in [0.3, 0.4) is 0 Å². The van der Waals surface area contributed by atoms with Gasteiger partial charge in [-0.15, -0.1) is 0 Å². The van der Waals surface area contributed by atoms with E-state index in [4.69, 9.17) is 11.6 Å². The van der Waals surface area contributed by atoms with Crippen molar-refractivity contribution in [3.63, 3.8) is 0 Å². The molecule has 0 aromatic heterocycles. The molecule has 2 N–H and O–H groups in total. The molecular weight excluding hydrogens is 463 g/mol. The number of fused-ring (bicyclic) bond motifs is 1. The van der Waals surface area contributed by atoms with Crippen LogP contribution >= 0.6 is 11.6 Å². The number of carbonyl (C=O) groups is 2. The Bertz CT molecular complexity index is 1060. The molecule has 0 spiro atoms. The SMILES string of the molecule is O=C([O-])CCCNC(=O)Cc1ccc2c(c1)CCC(NS(=O)(=O)c1ccc(Cl)cc1)C2.[Na+]. The standard InChI is InChI=1S/C22H25ClN2O5S.Na/c23-18-6-9-20(10-7-18)31(29,30)25-19-8-5-16-12-15(3-4-17(16)14-19)13-21(26)24-11-1-2-22(27)28;/h3-4,6-7,9-10,12,19,25H,1-2,5,8,11,13-14H2,(H,24,26)(H,27,28);/q;+1/p-1. The zero-order valence-corrected chi connectivity index (χ0v) is 21.5. The number of aryl methyl sites for hydroxylation is 1. The van der Waals surface area contributed by atoms with Crippen LogP contribution in [0, 0.1) is 0 Å². The van der Waals surface area contributed by atoms with Gasteiger partial charge in [-0.2, -0.15) is 0 Å². The predicted octanol–water partition coefficient (Wildman–Crippen LogP) is -1.63. The number of sulfonamides is 1. The molecule has 0 saturated heterocycles. The van der Waals surface area contributed by atoms with Gasteiger partial charge in [0, 0.05) is 23.6 Å². The summed E-state index contributed by atoms with van der Waals surface area (Å²) in [6.45, 7) is 0.299. The van der Waals surface area contributed by atoms with Crippen molar-refractivity contribution in [1.29, 1.82) is 0 Å². The van der Waals surface area contributed by atoms with Crippen LogP contribution in [0.4, 0.5) is 0 Å². The molecule has 0 radical (unpaired) electrons. The van der Waals surface area contributed by atoms with Gasteiger partial charge < -0.3 is 15.2 Å². The van der Waals surface area contributed by atoms with E-state index in [1.165, 1.54) is 12.1 Å². The third-order valence-corrected chi connectivity index (χ3v) is 6.98. The molecule has 1 amide bonds. The molecule has 0 bridgehead atoms. The van der Waals surface area contributed by atoms with Crippen LogP contribution in [0.5, 0.6) is 0 Å². The fourth-order valence-electron chi connectivity index (χ4n) is 3.63. The molecule has 10 heteroatoms. The van der Waals surface area contributed by atoms with Gasteiger partial charge in [0.2, 0.25) is 15.9 Å². The van der Waals surface area contributed by atoms with Gasteiger partial charge in [-0.25, -0.2) is 13.1 Å². The van der Waals surface area contributed by atoms with Crippen molar-refractivity contribution >= 4 is 33.5 Å². The molecule has 32 heavy (non-hydrogen) atoms. The smallest absolute Gasteiger partial charge is 0.550 e. The third-order valence-electron chi connectivity index (χ3n) is 5.19. The Hall–Kier alpha value is -1.42. The normalized spacial score (nSPS) is 15.3. The Morgan fingerprint density at radius 3 is 2.50 bits per heavy atom. The summed E-state index contributed by atoms with van der Waals surface area (Å²) >= 11 is 5.83. The van der Waals surface area contributed by atoms with Crippen molar-refractivity contribution in [2.45, 2.75) is 49.5 Å². The maximum atomic E-state index is 12.6. The summed E-state index contributed by atoms with van der Waals surface area (Å²) in [4.78, 5) is 22.6. The van der Waals surface area contributed by atoms with Crippen LogP contribution < -0.4 is 44.7 Å². The van der Waals surface area contributed by atoms with Gasteiger partial charge >= 0.3 is 29.6 Å². The van der Waals surface area contributed by atoms with Gasteiger partial charge in [0.25, 0.3) is 0 Å². The van der Waals surface area contributed by atoms with Gasteiger partial charge in [-0.05, 0) is 73.1 Å². The van der Waals surface area contributed by atoms with E-state index in [0.29, 0.717) is 37.3 Å². The number of carboxylic acids is 1. The fraction of sp³-hybridized carbons (Fsp3) is 0.364. The van der Waals surface area contributed by atoms with Crippen LogP contribution in [0.1, 0.15) is 36.0 Å². The molecule has 7 nitrogen and oxygen atoms in total. The summed E-state index contributed by atoms with van der Waals surface area (Å²) in [5.74, 6) is -1.29. The Morgan fingerprint density at radius 1 is 1.09 bits per heavy atom. The maximum Gasteiger partial charge on any atom is 1.00 e. The predicted molar refractivity (Wildman–Crippen MR) is 115 cm³/mol. The molecule has 0 heterocycles. The van der Waals surface area contributed by atoms with Crippen molar-refractivity contribution in [3.8, 4) is 0 Å². The van der Waals surface area contributed by atoms with Gasteiger partial charge in [-0.3, -0.25) is 4.79 Å². The Labute approximate surface area is 215 Å². The summed E-state index contributed by atoms with van der Waals surface area (Å²) < 4.78 is 28.0. The van der Waals surface area contributed by atoms with Crippen LogP contribution in [-0.4, -0.2) is 32.9 Å². The van der Waals surface area contributed by atoms with Crippen LogP contribution in [0.25, 0.3) is 0 Å². The van der Waals surface area contributed by atoms with E-state index in [2.05, 4.69) is 10.0 Å². The van der Waals surface area contributed by atoms with Crippen molar-refractivity contribution in [1.82, 2.24) is 10.0 Å². The van der Waals surface area contributed by atoms with Crippen molar-refractivity contribution in [3.05, 3.63) is 64.2 Å². The molecule has 166 valence electrons. The first-order valence-corrected chi connectivity index (χ1v) is 11.9. The van der Waals surface area contributed by atoms with Crippen LogP contribution in [0.15, 0.2) is 47.4 Å². The minimum absolute atomic E-state index is 0. The molecule has 1 unspecified atom stereocenters. The third kappa shape index (κ3) is 7.86. The molecule has 2 aromatic rings. The Balaban J connectivity index is 0.00000363. The number of hydrogen-bond donors (Lipinski definition) is 2. The first-order chi connectivity index (χ1) is 14.7. The topological polar surface area (TPSA) is 115 Å². The first-order valence-electron chi connectivity index (χ1n) is 10.1. The van der Waals surface area contributed by atoms with E-state index in [-0.39, 0.29) is 59.2 Å². The maximum absolute atomic E-state index is 12.6. The average Bonchev–Trinajstić information content (AvgIpc) is 2.71. The number of carboxylic acid groups (broad SMARTS) is 1. The van der Waals surface area contributed by atoms with Gasteiger partial charge in [-0.1, -0.05) is 29.8 Å². The van der Waals surface area contributed by atoms with E-state index in [1.807, 2.05) is 18.2 Å². The second kappa shape index (κ2) is 12.2. The van der Waals surface area contributed by atoms with E-state index >= 15 is 0 Å². The zero-order valence-electron chi connectivity index (χ0n) is 17.9. The second-order valence-electron chi connectivity index (χ2n) is 7.62. The Kier molecular flexibility index (Phi) is 10.2. The van der Waals surface area contributed by atoms with E-state index in [9.17, 15) is 23.1 Å². The summed E-state index contributed by atoms with van der Waals surface area (Å²) in [7, 11) is -3.62. The zero-order chi connectivity index (χ0) is 22.4. The largest absolute Gasteiger partial charge is 1.00 e. The van der Waals surface area contributed by atoms with Crippen molar-refractivity contribution in [2.75, 3.05) is 6.54 Å². The molecule has 0 aliphatic heterocycles. The average molecular weight is 487 g/mol. The summed E-state index contributed by atoms with van der Waals surface area (Å²) in [5, 5.41) is 13.6. The van der Waals surface area contributed by atoms with Crippen LogP contribution in [0.2, 0.25) is 5.02 Å². The van der Waals surface area contributed by atoms with Crippen LogP contribution in [-0.2, 0) is 38.9 Å². The molecule has 0 fully saturated rings. The van der Waals surface area contributed by atoms with Gasteiger partial charge in [0.1, 0.15) is 0 Å². The molecule has 3 rings (SSSR count). The molecule has 1 aliphatic carbocycles. The second-order valence-corrected chi connectivity index (χ2v) is 9.77. The fourth-order valence-corrected chi connectivity index (χ4v) is 5.03. The molecule has 1 atom stereocenters. The Morgan fingerprint density at radius 2 is 1.81 bits per heavy atom. The minimum Gasteiger partial charge on any atom is -0.550 e. The number of hydrogen-bond acceptors (Lipinski definition) is 5. The van der Waals surface area contributed by atoms with Gasteiger partial charge in [0.05, 0.1) is 11.3 Å². The number of amides is 1. The van der Waals surface area contributed by atoms with Gasteiger partial charge in [0.15, 0.2) is 0 Å². The summed E-state index contributed by atoms with van der Waals surface area (Å²) in [6.07, 6.45) is 2.43. The summed E-state index contributed by atoms with van der Waals surface area (Å²) in [5.41, 5.74) is 3.05. The number of benzene rings is 2. The number of aliphatic carboxylic acids is 1. The quantitative estimate of drug-likeness (QED) is 0.326. The first kappa shape index (κ1) is 26.8. The number of rotatable bonds is 9. The van der Waals surface area contributed by atoms with Crippen molar-refractivity contribution < 1.29 is 52.7 Å². The van der Waals surface area contributed by atoms with E-state index in [1.54, 1.807) is 12.1 Å². The molecular formula is C22H24ClN2NaO5S. The molecule has 2 aromatic carbocycles. The monoisotopic (exact) mass is 486 g/mol. The number of carbonyl (C=O) groups excluding carboxylic acids is 2. The summed E-state index contributed by atoms with van der Waals surface area (Å²) in [6, 6.07) is 11.7. The molecule has 0 saturated carbocycles. The molecule has 1 aliphatic rings. The minimum atomic E-state index is -3.62. The van der Waals surface area contributed by atoms with E-state index < -0.39 is 16.0 Å². The van der Waals surface area contributed by atoms with Crippen molar-refractivity contribution in [2.24, 2.45) is 0 Å².